The van der Waals surface area contributed by atoms with Crippen molar-refractivity contribution in [2.24, 2.45) is 7.05 Å². The minimum atomic E-state index is -3.72. The molecule has 0 saturated heterocycles. The lowest BCUT2D eigenvalue weighted by molar-refractivity contribution is 0.161. The fraction of sp³-hybridized carbons (Fsp3) is 0.333. The van der Waals surface area contributed by atoms with Crippen LogP contribution in [0.15, 0.2) is 41.4 Å². The van der Waals surface area contributed by atoms with Gasteiger partial charge in [-0.15, -0.1) is 0 Å². The highest BCUT2D eigenvalue weighted by Crippen LogP contribution is 2.18. The number of aryl methyl sites for hydroxylation is 2. The first-order valence-electron chi connectivity index (χ1n) is 6.86. The summed E-state index contributed by atoms with van der Waals surface area (Å²) in [6.07, 6.45) is 1.30. The van der Waals surface area contributed by atoms with Gasteiger partial charge in [0.1, 0.15) is 5.82 Å². The molecule has 2 N–H and O–H groups in total. The molecule has 1 unspecified atom stereocenters. The van der Waals surface area contributed by atoms with Crippen LogP contribution in [0.3, 0.4) is 0 Å². The van der Waals surface area contributed by atoms with Crippen molar-refractivity contribution in [2.75, 3.05) is 6.54 Å². The molecule has 5 nitrogen and oxygen atoms in total. The number of sulfonamides is 1. The molecule has 0 radical (unpaired) electrons. The molecule has 7 heteroatoms. The molecule has 0 fully saturated rings. The Balaban J connectivity index is 2.00. The molecule has 1 atom stereocenters. The zero-order valence-corrected chi connectivity index (χ0v) is 13.3. The van der Waals surface area contributed by atoms with Crippen molar-refractivity contribution in [2.45, 2.75) is 24.3 Å². The molecule has 0 aliphatic rings. The summed E-state index contributed by atoms with van der Waals surface area (Å²) in [6.45, 7) is 1.63. The molecule has 22 heavy (non-hydrogen) atoms. The first kappa shape index (κ1) is 16.7. The lowest BCUT2D eigenvalue weighted by Crippen LogP contribution is -2.26. The summed E-state index contributed by atoms with van der Waals surface area (Å²) in [5.74, 6) is -0.476. The molecule has 0 amide bonds. The van der Waals surface area contributed by atoms with Gasteiger partial charge in [0.05, 0.1) is 11.0 Å². The third-order valence-corrected chi connectivity index (χ3v) is 5.08. The largest absolute Gasteiger partial charge is 0.387 e. The summed E-state index contributed by atoms with van der Waals surface area (Å²) < 4.78 is 41.6. The number of benzene rings is 1. The van der Waals surface area contributed by atoms with Gasteiger partial charge < -0.3 is 9.67 Å². The van der Waals surface area contributed by atoms with Crippen LogP contribution in [0.25, 0.3) is 0 Å². The molecule has 0 aliphatic heterocycles. The van der Waals surface area contributed by atoms with E-state index in [1.165, 1.54) is 19.1 Å². The summed E-state index contributed by atoms with van der Waals surface area (Å²) in [4.78, 5) is 0.0438. The van der Waals surface area contributed by atoms with E-state index in [-0.39, 0.29) is 17.9 Å². The Morgan fingerprint density at radius 3 is 2.68 bits per heavy atom. The molecule has 0 bridgehead atoms. The summed E-state index contributed by atoms with van der Waals surface area (Å²) in [6, 6.07) is 7.11. The van der Waals surface area contributed by atoms with Gasteiger partial charge in [0, 0.05) is 25.5 Å². The molecular formula is C15H19FN2O3S. The third kappa shape index (κ3) is 3.73. The van der Waals surface area contributed by atoms with Crippen molar-refractivity contribution >= 4 is 10.0 Å². The van der Waals surface area contributed by atoms with Gasteiger partial charge in [-0.1, -0.05) is 0 Å². The van der Waals surface area contributed by atoms with Gasteiger partial charge in [-0.25, -0.2) is 17.5 Å². The Kier molecular flexibility index (Phi) is 5.00. The van der Waals surface area contributed by atoms with Gasteiger partial charge >= 0.3 is 0 Å². The Morgan fingerprint density at radius 2 is 2.09 bits per heavy atom. The van der Waals surface area contributed by atoms with Crippen molar-refractivity contribution < 1.29 is 17.9 Å². The highest BCUT2D eigenvalue weighted by atomic mass is 32.2. The second-order valence-corrected chi connectivity index (χ2v) is 6.89. The van der Waals surface area contributed by atoms with Gasteiger partial charge in [-0.2, -0.15) is 0 Å². The monoisotopic (exact) mass is 326 g/mol. The number of rotatable bonds is 6. The van der Waals surface area contributed by atoms with E-state index in [2.05, 4.69) is 4.72 Å². The quantitative estimate of drug-likeness (QED) is 0.851. The van der Waals surface area contributed by atoms with Crippen LogP contribution >= 0.6 is 0 Å². The van der Waals surface area contributed by atoms with Gasteiger partial charge in [0.15, 0.2) is 0 Å². The van der Waals surface area contributed by atoms with Gasteiger partial charge in [0.25, 0.3) is 0 Å². The fourth-order valence-electron chi connectivity index (χ4n) is 2.29. The van der Waals surface area contributed by atoms with Crippen LogP contribution in [-0.4, -0.2) is 24.6 Å². The maximum Gasteiger partial charge on any atom is 0.240 e. The predicted octanol–water partition coefficient (Wildman–Crippen LogP) is 1.87. The maximum atomic E-state index is 13.0. The Labute approximate surface area is 129 Å². The normalized spacial score (nSPS) is 13.3. The van der Waals surface area contributed by atoms with Crippen molar-refractivity contribution in [1.29, 1.82) is 0 Å². The number of nitrogens with one attached hydrogen (secondary N) is 1. The Morgan fingerprint density at radius 1 is 1.36 bits per heavy atom. The van der Waals surface area contributed by atoms with Crippen molar-refractivity contribution in [1.82, 2.24) is 9.29 Å². The molecule has 0 spiro atoms. The van der Waals surface area contributed by atoms with Crippen molar-refractivity contribution in [3.05, 3.63) is 53.6 Å². The first-order chi connectivity index (χ1) is 10.3. The maximum absolute atomic E-state index is 13.0. The van der Waals surface area contributed by atoms with Crippen LogP contribution in [-0.2, 0) is 17.1 Å². The lowest BCUT2D eigenvalue weighted by Gasteiger charge is -2.13. The smallest absolute Gasteiger partial charge is 0.240 e. The van der Waals surface area contributed by atoms with Gasteiger partial charge in [-0.3, -0.25) is 0 Å². The SMILES string of the molecule is Cc1cc(F)ccc1S(=O)(=O)NCCC(O)c1cccn1C. The van der Waals surface area contributed by atoms with E-state index in [0.717, 1.165) is 11.8 Å². The van der Waals surface area contributed by atoms with Crippen molar-refractivity contribution in [3.63, 3.8) is 0 Å². The average molecular weight is 326 g/mol. The first-order valence-corrected chi connectivity index (χ1v) is 8.34. The zero-order chi connectivity index (χ0) is 16.3. The van der Waals surface area contributed by atoms with E-state index in [4.69, 9.17) is 0 Å². The molecule has 2 rings (SSSR count). The minimum Gasteiger partial charge on any atom is -0.387 e. The summed E-state index contributed by atoms with van der Waals surface area (Å²) >= 11 is 0. The van der Waals surface area contributed by atoms with Crippen LogP contribution < -0.4 is 4.72 Å². The fourth-order valence-corrected chi connectivity index (χ4v) is 3.56. The topological polar surface area (TPSA) is 71.3 Å². The second kappa shape index (κ2) is 6.60. The summed E-state index contributed by atoms with van der Waals surface area (Å²) in [5.41, 5.74) is 1.06. The summed E-state index contributed by atoms with van der Waals surface area (Å²) in [5, 5.41) is 10.0. The van der Waals surface area contributed by atoms with Crippen LogP contribution in [0.2, 0.25) is 0 Å². The lowest BCUT2D eigenvalue weighted by atomic mass is 10.2. The minimum absolute atomic E-state index is 0.0438. The number of aromatic nitrogens is 1. The number of hydrogen-bond acceptors (Lipinski definition) is 3. The number of nitrogens with zero attached hydrogens (tertiary/aromatic N) is 1. The third-order valence-electron chi connectivity index (χ3n) is 3.46. The predicted molar refractivity (Wildman–Crippen MR) is 81.3 cm³/mol. The molecule has 120 valence electrons. The van der Waals surface area contributed by atoms with Crippen LogP contribution in [0, 0.1) is 12.7 Å². The number of halogens is 1. The zero-order valence-electron chi connectivity index (χ0n) is 12.5. The van der Waals surface area contributed by atoms with Gasteiger partial charge in [0.2, 0.25) is 10.0 Å². The molecule has 0 saturated carbocycles. The molecule has 1 heterocycles. The molecule has 1 aromatic carbocycles. The van der Waals surface area contributed by atoms with E-state index in [0.29, 0.717) is 5.56 Å². The Hall–Kier alpha value is -1.70. The van der Waals surface area contributed by atoms with E-state index in [1.807, 2.05) is 19.3 Å². The average Bonchev–Trinajstić information content (AvgIpc) is 2.84. The van der Waals surface area contributed by atoms with Crippen molar-refractivity contribution in [3.8, 4) is 0 Å². The van der Waals surface area contributed by atoms with E-state index >= 15 is 0 Å². The second-order valence-electron chi connectivity index (χ2n) is 5.16. The van der Waals surface area contributed by atoms with Crippen LogP contribution in [0.1, 0.15) is 23.8 Å². The number of hydrogen-bond donors (Lipinski definition) is 2. The van der Waals surface area contributed by atoms with E-state index in [9.17, 15) is 17.9 Å². The highest BCUT2D eigenvalue weighted by Gasteiger charge is 2.18. The Bertz CT molecular complexity index is 756. The van der Waals surface area contributed by atoms with Gasteiger partial charge in [-0.05, 0) is 49.2 Å². The van der Waals surface area contributed by atoms with Crippen LogP contribution in [0.4, 0.5) is 4.39 Å². The highest BCUT2D eigenvalue weighted by molar-refractivity contribution is 7.89. The standard InChI is InChI=1S/C15H19FN2O3S/c1-11-10-12(16)5-6-15(11)22(20,21)17-8-7-14(19)13-4-3-9-18(13)2/h3-6,9-10,14,17,19H,7-8H2,1-2H3. The van der Waals surface area contributed by atoms with E-state index in [1.54, 1.807) is 10.6 Å². The van der Waals surface area contributed by atoms with E-state index < -0.39 is 21.9 Å². The molecule has 0 aliphatic carbocycles. The summed E-state index contributed by atoms with van der Waals surface area (Å²) in [7, 11) is -1.91. The molecule has 1 aromatic heterocycles. The number of aliphatic hydroxyl groups excluding tert-OH is 1. The molecular weight excluding hydrogens is 307 g/mol. The number of aliphatic hydroxyl groups is 1. The van der Waals surface area contributed by atoms with Crippen LogP contribution in [0.5, 0.6) is 0 Å². The molecule has 2 aromatic rings.